The summed E-state index contributed by atoms with van der Waals surface area (Å²) in [4.78, 5) is 47.1. The first-order valence-electron chi connectivity index (χ1n) is 12.3. The Morgan fingerprint density at radius 1 is 0.906 bits per heavy atom. The van der Waals surface area contributed by atoms with Gasteiger partial charge in [-0.25, -0.2) is 0 Å². The number of unbranched alkanes of at least 4 members (excludes halogenated alkanes) is 6. The van der Waals surface area contributed by atoms with E-state index in [9.17, 15) is 24.3 Å². The maximum atomic E-state index is 12.3. The topological polar surface area (TPSA) is 115 Å². The maximum Gasteiger partial charge on any atom is 0.231 e. The van der Waals surface area contributed by atoms with E-state index in [1.807, 2.05) is 0 Å². The minimum atomic E-state index is -1.40. The van der Waals surface area contributed by atoms with Gasteiger partial charge >= 0.3 is 0 Å². The number of allylic oxidation sites excluding steroid dienone is 1. The van der Waals surface area contributed by atoms with Gasteiger partial charge in [0.05, 0.1) is 6.10 Å². The number of nitrogens with two attached hydrogens (primary N) is 1. The lowest BCUT2D eigenvalue weighted by Gasteiger charge is -2.29. The third-order valence-corrected chi connectivity index (χ3v) is 6.42. The van der Waals surface area contributed by atoms with E-state index in [0.717, 1.165) is 76.4 Å². The van der Waals surface area contributed by atoms with Crippen LogP contribution in [0.3, 0.4) is 0 Å². The molecule has 6 heteroatoms. The highest BCUT2D eigenvalue weighted by Gasteiger charge is 2.42. The third-order valence-electron chi connectivity index (χ3n) is 6.42. The van der Waals surface area contributed by atoms with Crippen LogP contribution in [-0.4, -0.2) is 35.5 Å². The van der Waals surface area contributed by atoms with Gasteiger partial charge in [-0.2, -0.15) is 0 Å². The highest BCUT2D eigenvalue weighted by atomic mass is 16.3. The predicted molar refractivity (Wildman–Crippen MR) is 128 cm³/mol. The van der Waals surface area contributed by atoms with Crippen molar-refractivity contribution < 1.29 is 24.3 Å². The fourth-order valence-electron chi connectivity index (χ4n) is 4.38. The number of amides is 1. The van der Waals surface area contributed by atoms with Gasteiger partial charge in [-0.15, -0.1) is 0 Å². The summed E-state index contributed by atoms with van der Waals surface area (Å²) < 4.78 is 0. The minimum Gasteiger partial charge on any atom is -0.393 e. The Hall–Kier alpha value is -1.82. The molecule has 1 amide bonds. The van der Waals surface area contributed by atoms with Gasteiger partial charge in [0, 0.05) is 11.8 Å². The number of aliphatic hydroxyl groups excluding tert-OH is 1. The first kappa shape index (κ1) is 30.2. The highest BCUT2D eigenvalue weighted by Crippen LogP contribution is 2.33. The van der Waals surface area contributed by atoms with Crippen LogP contribution in [0.15, 0.2) is 12.7 Å². The molecule has 0 saturated carbocycles. The van der Waals surface area contributed by atoms with Gasteiger partial charge in [0.25, 0.3) is 0 Å². The third kappa shape index (κ3) is 11.7. The molecule has 0 aromatic carbocycles. The average molecular weight is 452 g/mol. The van der Waals surface area contributed by atoms with E-state index in [2.05, 4.69) is 13.5 Å². The summed E-state index contributed by atoms with van der Waals surface area (Å²) in [5.41, 5.74) is 4.13. The SMILES string of the molecule is C=CC(=O)C(CCCCCCC(C=O)CCC(C=O)CCCCCC)(CC(C)O)C(N)=O. The maximum absolute atomic E-state index is 12.3. The van der Waals surface area contributed by atoms with Crippen molar-refractivity contribution in [3.05, 3.63) is 12.7 Å². The monoisotopic (exact) mass is 451 g/mol. The average Bonchev–Trinajstić information content (AvgIpc) is 2.77. The second kappa shape index (κ2) is 17.7. The summed E-state index contributed by atoms with van der Waals surface area (Å²) in [5.74, 6) is -1.14. The van der Waals surface area contributed by atoms with Crippen LogP contribution in [0.4, 0.5) is 0 Å². The molecule has 4 atom stereocenters. The van der Waals surface area contributed by atoms with Crippen molar-refractivity contribution in [2.45, 2.75) is 110 Å². The molecule has 0 aromatic heterocycles. The molecule has 4 unspecified atom stereocenters. The molecule has 0 heterocycles. The number of carbonyl (C=O) groups excluding carboxylic acids is 4. The summed E-state index contributed by atoms with van der Waals surface area (Å²) in [5, 5.41) is 9.74. The van der Waals surface area contributed by atoms with E-state index in [0.29, 0.717) is 6.42 Å². The van der Waals surface area contributed by atoms with Gasteiger partial charge in [0.2, 0.25) is 5.91 Å². The van der Waals surface area contributed by atoms with Crippen LogP contribution in [0.1, 0.15) is 104 Å². The zero-order valence-electron chi connectivity index (χ0n) is 20.2. The number of aliphatic hydroxyl groups is 1. The van der Waals surface area contributed by atoms with Crippen molar-refractivity contribution in [3.63, 3.8) is 0 Å². The van der Waals surface area contributed by atoms with Crippen molar-refractivity contribution in [2.24, 2.45) is 23.0 Å². The van der Waals surface area contributed by atoms with Gasteiger partial charge < -0.3 is 20.4 Å². The molecular formula is C26H45NO5. The Labute approximate surface area is 194 Å². The number of hydrogen-bond donors (Lipinski definition) is 2. The van der Waals surface area contributed by atoms with Gasteiger partial charge in [0.15, 0.2) is 5.78 Å². The molecule has 0 saturated heterocycles. The van der Waals surface area contributed by atoms with Crippen LogP contribution in [0.2, 0.25) is 0 Å². The Balaban J connectivity index is 4.38. The van der Waals surface area contributed by atoms with E-state index >= 15 is 0 Å². The van der Waals surface area contributed by atoms with Crippen molar-refractivity contribution in [2.75, 3.05) is 0 Å². The van der Waals surface area contributed by atoms with Gasteiger partial charge in [-0.1, -0.05) is 64.9 Å². The standard InChI is InChI=1S/C26H45NO5/c1-4-6-7-10-13-22(19-28)15-16-23(20-29)14-11-8-9-12-17-26(25(27)32,18-21(3)30)24(31)5-2/h5,19-23,30H,2,4,6-18H2,1,3H3,(H2,27,32). The molecule has 0 radical (unpaired) electrons. The zero-order valence-corrected chi connectivity index (χ0v) is 20.2. The van der Waals surface area contributed by atoms with E-state index < -0.39 is 23.2 Å². The number of aldehydes is 2. The molecule has 0 bridgehead atoms. The summed E-state index contributed by atoms with van der Waals surface area (Å²) in [6.07, 6.45) is 13.6. The van der Waals surface area contributed by atoms with Crippen LogP contribution in [0.5, 0.6) is 0 Å². The number of hydrogen-bond acceptors (Lipinski definition) is 5. The fourth-order valence-corrected chi connectivity index (χ4v) is 4.38. The lowest BCUT2D eigenvalue weighted by atomic mass is 9.73. The lowest BCUT2D eigenvalue weighted by Crippen LogP contribution is -2.45. The fraction of sp³-hybridized carbons (Fsp3) is 0.769. The molecule has 0 spiro atoms. The van der Waals surface area contributed by atoms with Crippen LogP contribution in [0, 0.1) is 17.3 Å². The zero-order chi connectivity index (χ0) is 24.4. The largest absolute Gasteiger partial charge is 0.393 e. The molecule has 184 valence electrons. The lowest BCUT2D eigenvalue weighted by molar-refractivity contribution is -0.140. The molecule has 3 N–H and O–H groups in total. The molecule has 0 aliphatic heterocycles. The Bertz CT molecular complexity index is 575. The first-order valence-corrected chi connectivity index (χ1v) is 12.3. The minimum absolute atomic E-state index is 0.00323. The van der Waals surface area contributed by atoms with Gasteiger partial charge in [0.1, 0.15) is 18.0 Å². The molecule has 0 fully saturated rings. The number of primary amides is 1. The Morgan fingerprint density at radius 3 is 1.81 bits per heavy atom. The number of carbonyl (C=O) groups is 4. The molecule has 0 rings (SSSR count). The molecule has 0 aliphatic carbocycles. The highest BCUT2D eigenvalue weighted by molar-refractivity contribution is 6.10. The Morgan fingerprint density at radius 2 is 1.41 bits per heavy atom. The summed E-state index contributed by atoms with van der Waals surface area (Å²) >= 11 is 0. The normalized spacial score (nSPS) is 15.8. The predicted octanol–water partition coefficient (Wildman–Crippen LogP) is 4.71. The van der Waals surface area contributed by atoms with E-state index in [1.165, 1.54) is 19.8 Å². The molecule has 0 aromatic rings. The summed E-state index contributed by atoms with van der Waals surface area (Å²) in [6.45, 7) is 7.17. The van der Waals surface area contributed by atoms with Crippen LogP contribution in [-0.2, 0) is 19.2 Å². The smallest absolute Gasteiger partial charge is 0.231 e. The summed E-state index contributed by atoms with van der Waals surface area (Å²) in [7, 11) is 0. The second-order valence-electron chi connectivity index (χ2n) is 9.24. The number of ketones is 1. The second-order valence-corrected chi connectivity index (χ2v) is 9.24. The first-order chi connectivity index (χ1) is 15.3. The molecule has 32 heavy (non-hydrogen) atoms. The quantitative estimate of drug-likeness (QED) is 0.107. The van der Waals surface area contributed by atoms with Gasteiger partial charge in [-0.05, 0) is 51.5 Å². The number of rotatable bonds is 22. The van der Waals surface area contributed by atoms with Crippen molar-refractivity contribution >= 4 is 24.3 Å². The molecule has 0 aliphatic rings. The van der Waals surface area contributed by atoms with Crippen LogP contribution < -0.4 is 5.73 Å². The molecular weight excluding hydrogens is 406 g/mol. The van der Waals surface area contributed by atoms with E-state index in [4.69, 9.17) is 5.73 Å². The van der Waals surface area contributed by atoms with Crippen molar-refractivity contribution in [1.29, 1.82) is 0 Å². The van der Waals surface area contributed by atoms with E-state index in [-0.39, 0.29) is 24.7 Å². The van der Waals surface area contributed by atoms with Crippen molar-refractivity contribution in [1.82, 2.24) is 0 Å². The Kier molecular flexibility index (Phi) is 16.7. The van der Waals surface area contributed by atoms with Crippen LogP contribution in [0.25, 0.3) is 0 Å². The van der Waals surface area contributed by atoms with Crippen molar-refractivity contribution in [3.8, 4) is 0 Å². The van der Waals surface area contributed by atoms with Crippen LogP contribution >= 0.6 is 0 Å². The molecule has 6 nitrogen and oxygen atoms in total. The summed E-state index contributed by atoms with van der Waals surface area (Å²) in [6, 6.07) is 0. The van der Waals surface area contributed by atoms with Gasteiger partial charge in [-0.3, -0.25) is 9.59 Å². The van der Waals surface area contributed by atoms with E-state index in [1.54, 1.807) is 0 Å².